The summed E-state index contributed by atoms with van der Waals surface area (Å²) in [6.07, 6.45) is 4.67. The number of aromatic nitrogens is 4. The standard InChI is InChI=1S/C32H31N7O3/c1-19(2)28-18-42-32(41)39(28)29-13-15-34-31(38-29)35-20(3)21-4-6-22(7-5-21)23-8-10-25(11-9-23)36-30(40)27-16-24-17-33-14-12-26(24)37-27/h4-17,19-20,28,37H,18H2,1-3H3,(H,36,40)(H,34,35,38)/t20-,28+/m0/s1. The third kappa shape index (κ3) is 5.51. The van der Waals surface area contributed by atoms with Crippen molar-refractivity contribution < 1.29 is 14.3 Å². The molecule has 6 rings (SSSR count). The second kappa shape index (κ2) is 11.3. The number of benzene rings is 2. The number of cyclic esters (lactones) is 1. The SMILES string of the molecule is CC(C)[C@H]1COC(=O)N1c1ccnc(N[C@@H](C)c2ccc(-c3ccc(NC(=O)c4cc5cnccc5[nH]4)cc3)cc2)n1. The van der Waals surface area contributed by atoms with Crippen LogP contribution in [0.25, 0.3) is 22.0 Å². The molecule has 1 fully saturated rings. The van der Waals surface area contributed by atoms with Crippen LogP contribution in [0.1, 0.15) is 42.9 Å². The van der Waals surface area contributed by atoms with Gasteiger partial charge in [0.05, 0.1) is 12.1 Å². The summed E-state index contributed by atoms with van der Waals surface area (Å²) >= 11 is 0. The number of amides is 2. The molecule has 0 radical (unpaired) electrons. The van der Waals surface area contributed by atoms with Crippen molar-refractivity contribution >= 4 is 40.4 Å². The first-order valence-corrected chi connectivity index (χ1v) is 13.9. The molecule has 42 heavy (non-hydrogen) atoms. The van der Waals surface area contributed by atoms with Gasteiger partial charge in [0.2, 0.25) is 5.95 Å². The van der Waals surface area contributed by atoms with Gasteiger partial charge in [-0.2, -0.15) is 4.98 Å². The molecule has 3 N–H and O–H groups in total. The maximum atomic E-state index is 12.7. The van der Waals surface area contributed by atoms with Crippen LogP contribution in [0.4, 0.5) is 22.2 Å². The van der Waals surface area contributed by atoms with Crippen LogP contribution < -0.4 is 15.5 Å². The molecule has 1 aliphatic heterocycles. The Bertz CT molecular complexity index is 1700. The number of carbonyl (C=O) groups excluding carboxylic acids is 2. The number of H-pyrrole nitrogens is 1. The van der Waals surface area contributed by atoms with Crippen LogP contribution in [-0.2, 0) is 4.74 Å². The molecule has 0 saturated carbocycles. The van der Waals surface area contributed by atoms with Crippen LogP contribution in [0.2, 0.25) is 0 Å². The van der Waals surface area contributed by atoms with E-state index in [0.717, 1.165) is 27.6 Å². The number of fused-ring (bicyclic) bond motifs is 1. The number of anilines is 3. The summed E-state index contributed by atoms with van der Waals surface area (Å²) in [5.74, 6) is 0.987. The van der Waals surface area contributed by atoms with E-state index in [1.807, 2.05) is 37.3 Å². The zero-order valence-electron chi connectivity index (χ0n) is 23.5. The smallest absolute Gasteiger partial charge is 0.415 e. The van der Waals surface area contributed by atoms with Crippen molar-refractivity contribution in [3.8, 4) is 11.1 Å². The molecular weight excluding hydrogens is 530 g/mol. The van der Waals surface area contributed by atoms with E-state index in [4.69, 9.17) is 4.74 Å². The monoisotopic (exact) mass is 561 g/mol. The van der Waals surface area contributed by atoms with Crippen molar-refractivity contribution in [1.82, 2.24) is 19.9 Å². The highest BCUT2D eigenvalue weighted by molar-refractivity contribution is 6.05. The first-order valence-electron chi connectivity index (χ1n) is 13.9. The Kier molecular flexibility index (Phi) is 7.26. The maximum absolute atomic E-state index is 12.7. The van der Waals surface area contributed by atoms with Gasteiger partial charge in [-0.1, -0.05) is 50.2 Å². The molecule has 0 unspecified atom stereocenters. The molecule has 2 aromatic carbocycles. The molecular formula is C32H31N7O3. The first kappa shape index (κ1) is 26.9. The van der Waals surface area contributed by atoms with E-state index in [1.165, 1.54) is 0 Å². The molecule has 5 aromatic rings. The van der Waals surface area contributed by atoms with Gasteiger partial charge in [0.1, 0.15) is 18.1 Å². The van der Waals surface area contributed by atoms with Crippen molar-refractivity contribution in [1.29, 1.82) is 0 Å². The van der Waals surface area contributed by atoms with E-state index in [-0.39, 0.29) is 30.0 Å². The lowest BCUT2D eigenvalue weighted by molar-refractivity contribution is 0.102. The lowest BCUT2D eigenvalue weighted by Gasteiger charge is -2.23. The van der Waals surface area contributed by atoms with E-state index in [1.54, 1.807) is 35.6 Å². The number of carbonyl (C=O) groups is 2. The van der Waals surface area contributed by atoms with Crippen LogP contribution in [0.15, 0.2) is 85.3 Å². The van der Waals surface area contributed by atoms with E-state index in [0.29, 0.717) is 29.8 Å². The molecule has 10 nitrogen and oxygen atoms in total. The van der Waals surface area contributed by atoms with E-state index < -0.39 is 0 Å². The number of hydrogen-bond acceptors (Lipinski definition) is 7. The molecule has 0 aliphatic carbocycles. The predicted octanol–water partition coefficient (Wildman–Crippen LogP) is 6.43. The Balaban J connectivity index is 1.09. The van der Waals surface area contributed by atoms with E-state index in [9.17, 15) is 9.59 Å². The Morgan fingerprint density at radius 2 is 1.74 bits per heavy atom. The van der Waals surface area contributed by atoms with E-state index >= 15 is 0 Å². The van der Waals surface area contributed by atoms with Crippen molar-refractivity contribution in [2.45, 2.75) is 32.9 Å². The third-order valence-electron chi connectivity index (χ3n) is 7.46. The third-order valence-corrected chi connectivity index (χ3v) is 7.46. The largest absolute Gasteiger partial charge is 0.447 e. The maximum Gasteiger partial charge on any atom is 0.415 e. The van der Waals surface area contributed by atoms with Crippen LogP contribution in [0.3, 0.4) is 0 Å². The van der Waals surface area contributed by atoms with E-state index in [2.05, 4.69) is 68.7 Å². The van der Waals surface area contributed by atoms with Gasteiger partial charge in [0, 0.05) is 35.2 Å². The fourth-order valence-corrected chi connectivity index (χ4v) is 5.02. The lowest BCUT2D eigenvalue weighted by Crippen LogP contribution is -2.37. The number of nitrogens with zero attached hydrogens (tertiary/aromatic N) is 4. The Morgan fingerprint density at radius 3 is 2.45 bits per heavy atom. The van der Waals surface area contributed by atoms with Gasteiger partial charge in [0.15, 0.2) is 0 Å². The van der Waals surface area contributed by atoms with Gasteiger partial charge in [-0.25, -0.2) is 9.78 Å². The van der Waals surface area contributed by atoms with Gasteiger partial charge in [-0.15, -0.1) is 0 Å². The van der Waals surface area contributed by atoms with Gasteiger partial charge < -0.3 is 20.4 Å². The van der Waals surface area contributed by atoms with Crippen molar-refractivity contribution in [2.24, 2.45) is 5.92 Å². The second-order valence-electron chi connectivity index (χ2n) is 10.7. The summed E-state index contributed by atoms with van der Waals surface area (Å²) in [4.78, 5) is 42.8. The summed E-state index contributed by atoms with van der Waals surface area (Å²) < 4.78 is 5.27. The number of ether oxygens (including phenoxy) is 1. The van der Waals surface area contributed by atoms with Crippen LogP contribution in [0, 0.1) is 5.92 Å². The summed E-state index contributed by atoms with van der Waals surface area (Å²) in [7, 11) is 0. The molecule has 2 amide bonds. The lowest BCUT2D eigenvalue weighted by atomic mass is 10.0. The quantitative estimate of drug-likeness (QED) is 0.199. The minimum absolute atomic E-state index is 0.0621. The Morgan fingerprint density at radius 1 is 1.00 bits per heavy atom. The number of aromatic amines is 1. The molecule has 0 bridgehead atoms. The van der Waals surface area contributed by atoms with Gasteiger partial charge >= 0.3 is 6.09 Å². The minimum atomic E-state index is -0.385. The number of hydrogen-bond donors (Lipinski definition) is 3. The Labute approximate surface area is 243 Å². The van der Waals surface area contributed by atoms with Crippen molar-refractivity contribution in [3.63, 3.8) is 0 Å². The zero-order valence-corrected chi connectivity index (χ0v) is 23.5. The van der Waals surface area contributed by atoms with Gasteiger partial charge in [0.25, 0.3) is 5.91 Å². The fraction of sp³-hybridized carbons (Fsp3) is 0.219. The highest BCUT2D eigenvalue weighted by atomic mass is 16.6. The zero-order chi connectivity index (χ0) is 29.2. The van der Waals surface area contributed by atoms with Gasteiger partial charge in [-0.3, -0.25) is 14.7 Å². The van der Waals surface area contributed by atoms with Crippen molar-refractivity contribution in [2.75, 3.05) is 22.1 Å². The normalized spacial score (nSPS) is 15.6. The average Bonchev–Trinajstić information content (AvgIpc) is 3.62. The van der Waals surface area contributed by atoms with Crippen LogP contribution >= 0.6 is 0 Å². The van der Waals surface area contributed by atoms with Crippen molar-refractivity contribution in [3.05, 3.63) is 96.6 Å². The molecule has 4 heterocycles. The molecule has 212 valence electrons. The number of rotatable bonds is 8. The highest BCUT2D eigenvalue weighted by Crippen LogP contribution is 2.28. The van der Waals surface area contributed by atoms with Gasteiger partial charge in [-0.05, 0) is 59.9 Å². The van der Waals surface area contributed by atoms with Crippen LogP contribution in [-0.4, -0.2) is 44.6 Å². The number of nitrogens with one attached hydrogen (secondary N) is 3. The minimum Gasteiger partial charge on any atom is -0.447 e. The molecule has 3 aromatic heterocycles. The average molecular weight is 562 g/mol. The fourth-order valence-electron chi connectivity index (χ4n) is 5.02. The summed E-state index contributed by atoms with van der Waals surface area (Å²) in [6.45, 7) is 6.50. The summed E-state index contributed by atoms with van der Waals surface area (Å²) in [5, 5.41) is 7.17. The molecule has 10 heteroatoms. The second-order valence-corrected chi connectivity index (χ2v) is 10.7. The summed E-state index contributed by atoms with van der Waals surface area (Å²) in [6, 6.07) is 21.2. The molecule has 1 aliphatic rings. The first-order chi connectivity index (χ1) is 20.4. The highest BCUT2D eigenvalue weighted by Gasteiger charge is 2.37. The number of pyridine rings is 1. The predicted molar refractivity (Wildman–Crippen MR) is 162 cm³/mol. The molecule has 0 spiro atoms. The topological polar surface area (TPSA) is 125 Å². The molecule has 1 saturated heterocycles. The molecule has 2 atom stereocenters. The van der Waals surface area contributed by atoms with Crippen LogP contribution in [0.5, 0.6) is 0 Å². The Hall–Kier alpha value is -5.25. The summed E-state index contributed by atoms with van der Waals surface area (Å²) in [5.41, 5.74) is 5.20.